The van der Waals surface area contributed by atoms with Gasteiger partial charge in [0.15, 0.2) is 0 Å². The van der Waals surface area contributed by atoms with Crippen LogP contribution in [0.2, 0.25) is 0 Å². The van der Waals surface area contributed by atoms with Gasteiger partial charge < -0.3 is 14.8 Å². The molecule has 2 atom stereocenters. The number of nitrogens with zero attached hydrogens (tertiary/aromatic N) is 1. The summed E-state index contributed by atoms with van der Waals surface area (Å²) in [4.78, 5) is 35.7. The number of methoxy groups -OCH3 is 1. The average molecular weight is 395 g/mol. The van der Waals surface area contributed by atoms with Crippen LogP contribution in [0.1, 0.15) is 25.3 Å². The Labute approximate surface area is 160 Å². The Kier molecular flexibility index (Phi) is 6.57. The summed E-state index contributed by atoms with van der Waals surface area (Å²) in [6.07, 6.45) is 0. The van der Waals surface area contributed by atoms with Crippen molar-refractivity contribution in [3.63, 3.8) is 0 Å². The highest BCUT2D eigenvalue weighted by Gasteiger charge is 2.43. The van der Waals surface area contributed by atoms with Crippen molar-refractivity contribution in [1.29, 1.82) is 0 Å². The molecule has 0 bridgehead atoms. The molecule has 8 nitrogen and oxygen atoms in total. The van der Waals surface area contributed by atoms with Gasteiger partial charge in [-0.2, -0.15) is 0 Å². The van der Waals surface area contributed by atoms with Gasteiger partial charge in [-0.25, -0.2) is 4.79 Å². The Morgan fingerprint density at radius 1 is 1.41 bits per heavy atom. The number of carbonyl (C=O) groups is 2. The normalized spacial score (nSPS) is 20.8. The third-order valence-electron chi connectivity index (χ3n) is 4.22. The number of rotatable bonds is 5. The van der Waals surface area contributed by atoms with E-state index >= 15 is 0 Å². The fourth-order valence-electron chi connectivity index (χ4n) is 3.11. The summed E-state index contributed by atoms with van der Waals surface area (Å²) >= 11 is 5.90. The standard InChI is InChI=1S/C18H19ClN2O6/c1-4-27-18(23)16-13(9-19)20-10(2)14(17(22)26-3)15(16)11-6-5-7-12(8-11)21(24)25/h5-9,15-16,20H,4H2,1-3H3/b13-9-/t15-,16+/m1/s1. The lowest BCUT2D eigenvalue weighted by Gasteiger charge is -2.35. The van der Waals surface area contributed by atoms with E-state index in [0.717, 1.165) is 0 Å². The maximum atomic E-state index is 12.7. The Hall–Kier alpha value is -2.87. The molecule has 0 unspecified atom stereocenters. The lowest BCUT2D eigenvalue weighted by atomic mass is 9.75. The number of carbonyl (C=O) groups excluding carboxylic acids is 2. The molecule has 1 aliphatic heterocycles. The molecule has 0 amide bonds. The van der Waals surface area contributed by atoms with Crippen LogP contribution in [0.3, 0.4) is 0 Å². The maximum Gasteiger partial charge on any atom is 0.336 e. The molecule has 27 heavy (non-hydrogen) atoms. The number of allylic oxidation sites excluding steroid dienone is 1. The van der Waals surface area contributed by atoms with Crippen LogP contribution in [0.25, 0.3) is 0 Å². The second-order valence-electron chi connectivity index (χ2n) is 5.78. The fraction of sp³-hybridized carbons (Fsp3) is 0.333. The van der Waals surface area contributed by atoms with Gasteiger partial charge in [-0.3, -0.25) is 14.9 Å². The van der Waals surface area contributed by atoms with E-state index in [4.69, 9.17) is 21.1 Å². The number of esters is 2. The SMILES string of the molecule is CCOC(=O)[C@H]1/C(=C/Cl)NC(C)=C(C(=O)OC)[C@H]1c1cccc([N+](=O)[O-])c1. The van der Waals surface area contributed by atoms with Gasteiger partial charge in [0, 0.05) is 35.0 Å². The monoisotopic (exact) mass is 394 g/mol. The van der Waals surface area contributed by atoms with Gasteiger partial charge in [0.25, 0.3) is 5.69 Å². The molecule has 0 spiro atoms. The second kappa shape index (κ2) is 8.68. The molecule has 0 aromatic heterocycles. The predicted molar refractivity (Wildman–Crippen MR) is 97.7 cm³/mol. The van der Waals surface area contributed by atoms with Crippen molar-refractivity contribution in [2.45, 2.75) is 19.8 Å². The first-order valence-electron chi connectivity index (χ1n) is 8.13. The van der Waals surface area contributed by atoms with Crippen molar-refractivity contribution in [2.24, 2.45) is 5.92 Å². The molecule has 1 aliphatic rings. The largest absolute Gasteiger partial charge is 0.466 e. The first kappa shape index (κ1) is 20.4. The zero-order valence-corrected chi connectivity index (χ0v) is 15.8. The first-order chi connectivity index (χ1) is 12.8. The molecule has 0 radical (unpaired) electrons. The Bertz CT molecular complexity index is 833. The number of benzene rings is 1. The molecule has 9 heteroatoms. The van der Waals surface area contributed by atoms with Gasteiger partial charge >= 0.3 is 11.9 Å². The van der Waals surface area contributed by atoms with Crippen LogP contribution in [0.4, 0.5) is 5.69 Å². The second-order valence-corrected chi connectivity index (χ2v) is 6.00. The summed E-state index contributed by atoms with van der Waals surface area (Å²) < 4.78 is 10.0. The maximum absolute atomic E-state index is 12.7. The van der Waals surface area contributed by atoms with Gasteiger partial charge in [0.2, 0.25) is 0 Å². The molecular formula is C18H19ClN2O6. The number of non-ortho nitro benzene ring substituents is 1. The molecule has 144 valence electrons. The van der Waals surface area contributed by atoms with E-state index in [0.29, 0.717) is 17.0 Å². The minimum absolute atomic E-state index is 0.128. The zero-order valence-electron chi connectivity index (χ0n) is 15.0. The van der Waals surface area contributed by atoms with Crippen molar-refractivity contribution < 1.29 is 24.0 Å². The Morgan fingerprint density at radius 3 is 2.67 bits per heavy atom. The number of hydrogen-bond donors (Lipinski definition) is 1. The van der Waals surface area contributed by atoms with E-state index in [1.807, 2.05) is 0 Å². The molecule has 0 saturated carbocycles. The molecule has 0 aliphatic carbocycles. The minimum atomic E-state index is -0.984. The van der Waals surface area contributed by atoms with E-state index in [1.165, 1.54) is 30.8 Å². The number of halogens is 1. The molecule has 2 rings (SSSR count). The highest BCUT2D eigenvalue weighted by Crippen LogP contribution is 2.42. The molecule has 1 aromatic carbocycles. The Balaban J connectivity index is 2.73. The van der Waals surface area contributed by atoms with Crippen molar-refractivity contribution in [1.82, 2.24) is 5.32 Å². The van der Waals surface area contributed by atoms with Crippen LogP contribution in [-0.2, 0) is 19.1 Å². The summed E-state index contributed by atoms with van der Waals surface area (Å²) in [5.74, 6) is -3.10. The summed E-state index contributed by atoms with van der Waals surface area (Å²) in [5, 5.41) is 14.1. The van der Waals surface area contributed by atoms with Crippen molar-refractivity contribution >= 4 is 29.2 Å². The highest BCUT2D eigenvalue weighted by molar-refractivity contribution is 6.26. The van der Waals surface area contributed by atoms with Gasteiger partial charge in [0.05, 0.1) is 24.2 Å². The van der Waals surface area contributed by atoms with Gasteiger partial charge in [-0.1, -0.05) is 23.7 Å². The van der Waals surface area contributed by atoms with Crippen LogP contribution >= 0.6 is 11.6 Å². The summed E-state index contributed by atoms with van der Waals surface area (Å²) in [7, 11) is 1.22. The Morgan fingerprint density at radius 2 is 2.11 bits per heavy atom. The minimum Gasteiger partial charge on any atom is -0.466 e. The number of nitro groups is 1. The van der Waals surface area contributed by atoms with E-state index < -0.39 is 28.7 Å². The predicted octanol–water partition coefficient (Wildman–Crippen LogP) is 2.99. The lowest BCUT2D eigenvalue weighted by molar-refractivity contribution is -0.384. The van der Waals surface area contributed by atoms with Crippen LogP contribution in [-0.4, -0.2) is 30.6 Å². The molecule has 1 N–H and O–H groups in total. The zero-order chi connectivity index (χ0) is 20.1. The highest BCUT2D eigenvalue weighted by atomic mass is 35.5. The van der Waals surface area contributed by atoms with Crippen LogP contribution in [0.15, 0.2) is 46.8 Å². The number of nitrogens with one attached hydrogen (secondary N) is 1. The average Bonchev–Trinajstić information content (AvgIpc) is 2.66. The van der Waals surface area contributed by atoms with Crippen LogP contribution < -0.4 is 5.32 Å². The van der Waals surface area contributed by atoms with Gasteiger partial charge in [-0.05, 0) is 19.4 Å². The quantitative estimate of drug-likeness (QED) is 0.464. The van der Waals surface area contributed by atoms with Crippen molar-refractivity contribution in [2.75, 3.05) is 13.7 Å². The van der Waals surface area contributed by atoms with Crippen molar-refractivity contribution in [3.8, 4) is 0 Å². The van der Waals surface area contributed by atoms with E-state index in [2.05, 4.69) is 5.32 Å². The molecule has 0 saturated heterocycles. The molecule has 0 fully saturated rings. The topological polar surface area (TPSA) is 108 Å². The van der Waals surface area contributed by atoms with E-state index in [-0.39, 0.29) is 17.9 Å². The summed E-state index contributed by atoms with van der Waals surface area (Å²) in [6, 6.07) is 5.75. The first-order valence-corrected chi connectivity index (χ1v) is 8.56. The molecular weight excluding hydrogens is 376 g/mol. The number of ether oxygens (including phenoxy) is 2. The third-order valence-corrected chi connectivity index (χ3v) is 4.45. The summed E-state index contributed by atoms with van der Waals surface area (Å²) in [6.45, 7) is 3.42. The van der Waals surface area contributed by atoms with Gasteiger partial charge in [-0.15, -0.1) is 0 Å². The fourth-order valence-corrected chi connectivity index (χ4v) is 3.30. The molecule has 1 aromatic rings. The summed E-state index contributed by atoms with van der Waals surface area (Å²) in [5.41, 5.74) is 2.39. The molecule has 1 heterocycles. The van der Waals surface area contributed by atoms with Crippen molar-refractivity contribution in [3.05, 3.63) is 62.4 Å². The van der Waals surface area contributed by atoms with E-state index in [9.17, 15) is 19.7 Å². The number of hydrogen-bond acceptors (Lipinski definition) is 7. The van der Waals surface area contributed by atoms with Gasteiger partial charge in [0.1, 0.15) is 5.92 Å². The third kappa shape index (κ3) is 4.11. The smallest absolute Gasteiger partial charge is 0.336 e. The van der Waals surface area contributed by atoms with E-state index in [1.54, 1.807) is 19.9 Å². The lowest BCUT2D eigenvalue weighted by Crippen LogP contribution is -2.40. The van der Waals surface area contributed by atoms with Crippen LogP contribution in [0.5, 0.6) is 0 Å². The van der Waals surface area contributed by atoms with Crippen LogP contribution in [0, 0.1) is 16.0 Å². The number of nitro benzene ring substituents is 1.